The molecule has 0 fully saturated rings. The van der Waals surface area contributed by atoms with Crippen molar-refractivity contribution in [3.05, 3.63) is 35.9 Å². The molecule has 2 nitrogen and oxygen atoms in total. The van der Waals surface area contributed by atoms with Gasteiger partial charge < -0.3 is 5.32 Å². The van der Waals surface area contributed by atoms with Gasteiger partial charge in [-0.2, -0.15) is 13.2 Å². The van der Waals surface area contributed by atoms with Crippen LogP contribution in [0.4, 0.5) is 13.2 Å². The lowest BCUT2D eigenvalue weighted by molar-refractivity contribution is -0.118. The van der Waals surface area contributed by atoms with Crippen molar-refractivity contribution in [3.8, 4) is 0 Å². The molecule has 0 aliphatic rings. The second-order valence-corrected chi connectivity index (χ2v) is 4.59. The minimum atomic E-state index is -4.26. The number of hydrogen-bond acceptors (Lipinski definition) is 2. The molecule has 0 aliphatic heterocycles. The molecule has 0 heterocycles. The Morgan fingerprint density at radius 3 is 2.44 bits per heavy atom. The lowest BCUT2D eigenvalue weighted by atomic mass is 10.2. The van der Waals surface area contributed by atoms with Crippen molar-refractivity contribution >= 4 is 23.7 Å². The lowest BCUT2D eigenvalue weighted by Crippen LogP contribution is -2.19. The Balaban J connectivity index is 2.52. The van der Waals surface area contributed by atoms with Crippen LogP contribution >= 0.6 is 11.8 Å². The van der Waals surface area contributed by atoms with Gasteiger partial charge in [-0.25, -0.2) is 0 Å². The van der Waals surface area contributed by atoms with Gasteiger partial charge in [0.05, 0.1) is 0 Å². The molecule has 0 saturated carbocycles. The summed E-state index contributed by atoms with van der Waals surface area (Å²) in [6.07, 6.45) is 3.46. The predicted molar refractivity (Wildman–Crippen MR) is 66.1 cm³/mol. The molecule has 1 amide bonds. The summed E-state index contributed by atoms with van der Waals surface area (Å²) in [7, 11) is 0. The van der Waals surface area contributed by atoms with Crippen molar-refractivity contribution in [2.75, 3.05) is 6.54 Å². The Morgan fingerprint density at radius 1 is 1.33 bits per heavy atom. The normalized spacial score (nSPS) is 11.8. The van der Waals surface area contributed by atoms with Crippen LogP contribution in [0.15, 0.2) is 35.2 Å². The quantitative estimate of drug-likeness (QED) is 0.853. The van der Waals surface area contributed by atoms with Gasteiger partial charge in [0.1, 0.15) is 0 Å². The molecule has 0 spiro atoms. The van der Waals surface area contributed by atoms with Gasteiger partial charge in [-0.15, -0.1) is 0 Å². The van der Waals surface area contributed by atoms with Crippen LogP contribution in [0.3, 0.4) is 0 Å². The van der Waals surface area contributed by atoms with Crippen LogP contribution in [-0.2, 0) is 4.79 Å². The van der Waals surface area contributed by atoms with Gasteiger partial charge in [-0.05, 0) is 29.5 Å². The number of rotatable bonds is 4. The van der Waals surface area contributed by atoms with E-state index in [0.29, 0.717) is 6.54 Å². The minimum absolute atomic E-state index is 0.128. The first-order chi connectivity index (χ1) is 8.37. The van der Waals surface area contributed by atoms with E-state index in [2.05, 4.69) is 5.32 Å². The fraction of sp³-hybridized carbons (Fsp3) is 0.250. The number of hydrogen-bond donors (Lipinski definition) is 1. The van der Waals surface area contributed by atoms with E-state index in [9.17, 15) is 18.0 Å². The van der Waals surface area contributed by atoms with Crippen molar-refractivity contribution in [1.82, 2.24) is 5.32 Å². The number of carbonyl (C=O) groups excluding carboxylic acids is 1. The van der Waals surface area contributed by atoms with Crippen molar-refractivity contribution in [1.29, 1.82) is 0 Å². The number of benzene rings is 1. The molecule has 98 valence electrons. The summed E-state index contributed by atoms with van der Waals surface area (Å²) in [5.41, 5.74) is -3.48. The van der Waals surface area contributed by atoms with E-state index in [0.717, 1.165) is 5.56 Å². The molecule has 6 heteroatoms. The van der Waals surface area contributed by atoms with Crippen molar-refractivity contribution in [2.45, 2.75) is 17.3 Å². The molecule has 18 heavy (non-hydrogen) atoms. The molecule has 0 aromatic heterocycles. The van der Waals surface area contributed by atoms with E-state index in [4.69, 9.17) is 0 Å². The monoisotopic (exact) mass is 275 g/mol. The number of carbonyl (C=O) groups is 1. The van der Waals surface area contributed by atoms with E-state index in [-0.39, 0.29) is 22.6 Å². The molecule has 1 rings (SSSR count). The summed E-state index contributed by atoms with van der Waals surface area (Å²) < 4.78 is 36.2. The van der Waals surface area contributed by atoms with Gasteiger partial charge in [0.15, 0.2) is 0 Å². The summed E-state index contributed by atoms with van der Waals surface area (Å²) in [6.45, 7) is 1.81. The molecule has 0 aliphatic carbocycles. The van der Waals surface area contributed by atoms with E-state index in [1.807, 2.05) is 0 Å². The third-order valence-corrected chi connectivity index (χ3v) is 2.63. The largest absolute Gasteiger partial charge is 0.446 e. The zero-order valence-electron chi connectivity index (χ0n) is 9.62. The molecular formula is C12H12F3NOS. The second-order valence-electron chi connectivity index (χ2n) is 3.46. The van der Waals surface area contributed by atoms with Crippen molar-refractivity contribution in [2.24, 2.45) is 0 Å². The predicted octanol–water partition coefficient (Wildman–Crippen LogP) is 3.45. The highest BCUT2D eigenvalue weighted by Crippen LogP contribution is 2.36. The number of amides is 1. The van der Waals surface area contributed by atoms with E-state index in [1.165, 1.54) is 19.1 Å². The highest BCUT2D eigenvalue weighted by molar-refractivity contribution is 8.00. The number of alkyl halides is 3. The van der Waals surface area contributed by atoms with E-state index >= 15 is 0 Å². The molecule has 0 saturated heterocycles. The van der Waals surface area contributed by atoms with Gasteiger partial charge >= 0.3 is 5.51 Å². The number of thioether (sulfide) groups is 1. The van der Waals surface area contributed by atoms with Crippen LogP contribution in [0.5, 0.6) is 0 Å². The van der Waals surface area contributed by atoms with Gasteiger partial charge in [0.25, 0.3) is 0 Å². The Bertz CT molecular complexity index is 426. The topological polar surface area (TPSA) is 29.1 Å². The highest BCUT2D eigenvalue weighted by atomic mass is 32.2. The van der Waals surface area contributed by atoms with Crippen LogP contribution < -0.4 is 5.32 Å². The van der Waals surface area contributed by atoms with Gasteiger partial charge in [0.2, 0.25) is 5.91 Å². The smallest absolute Gasteiger partial charge is 0.353 e. The fourth-order valence-electron chi connectivity index (χ4n) is 1.18. The summed E-state index contributed by atoms with van der Waals surface area (Å²) in [6, 6.07) is 6.02. The third-order valence-electron chi connectivity index (χ3n) is 1.89. The minimum Gasteiger partial charge on any atom is -0.353 e. The first kappa shape index (κ1) is 14.6. The summed E-state index contributed by atoms with van der Waals surface area (Å²) in [5, 5.41) is 2.58. The van der Waals surface area contributed by atoms with Gasteiger partial charge in [-0.1, -0.05) is 24.3 Å². The summed E-state index contributed by atoms with van der Waals surface area (Å²) >= 11 is -0.139. The zero-order chi connectivity index (χ0) is 13.6. The molecule has 1 N–H and O–H groups in total. The maximum Gasteiger partial charge on any atom is 0.446 e. The summed E-state index contributed by atoms with van der Waals surface area (Å²) in [5.74, 6) is -0.128. The molecule has 1 aromatic rings. The van der Waals surface area contributed by atoms with E-state index < -0.39 is 5.51 Å². The first-order valence-electron chi connectivity index (χ1n) is 5.13. The molecule has 0 bridgehead atoms. The van der Waals surface area contributed by atoms with Crippen LogP contribution in [0, 0.1) is 0 Å². The summed E-state index contributed by atoms with van der Waals surface area (Å²) in [4.78, 5) is 10.7. The number of halogens is 3. The third kappa shape index (κ3) is 6.34. The van der Waals surface area contributed by atoms with Crippen molar-refractivity contribution < 1.29 is 18.0 Å². The Labute approximate surface area is 107 Å². The Morgan fingerprint density at radius 2 is 1.94 bits per heavy atom. The Kier molecular flexibility index (Phi) is 5.27. The van der Waals surface area contributed by atoms with Crippen molar-refractivity contribution in [3.63, 3.8) is 0 Å². The highest BCUT2D eigenvalue weighted by Gasteiger charge is 2.28. The fourth-order valence-corrected chi connectivity index (χ4v) is 1.72. The first-order valence-corrected chi connectivity index (χ1v) is 5.95. The van der Waals surface area contributed by atoms with E-state index in [1.54, 1.807) is 24.3 Å². The van der Waals surface area contributed by atoms with Crippen LogP contribution in [0.1, 0.15) is 12.5 Å². The molecule has 1 aromatic carbocycles. The zero-order valence-corrected chi connectivity index (χ0v) is 10.4. The molecule has 0 radical (unpaired) electrons. The van der Waals surface area contributed by atoms with Gasteiger partial charge in [0, 0.05) is 18.4 Å². The molecule has 0 atom stereocenters. The maximum atomic E-state index is 12.1. The second kappa shape index (κ2) is 6.49. The average Bonchev–Trinajstić information content (AvgIpc) is 2.24. The van der Waals surface area contributed by atoms with Crippen LogP contribution in [0.25, 0.3) is 6.08 Å². The molecule has 0 unspecified atom stereocenters. The average molecular weight is 275 g/mol. The Hall–Kier alpha value is -1.43. The van der Waals surface area contributed by atoms with Gasteiger partial charge in [-0.3, -0.25) is 4.79 Å². The van der Waals surface area contributed by atoms with Crippen LogP contribution in [-0.4, -0.2) is 18.0 Å². The number of nitrogens with one attached hydrogen (secondary N) is 1. The maximum absolute atomic E-state index is 12.1. The van der Waals surface area contributed by atoms with Crippen LogP contribution in [0.2, 0.25) is 0 Å². The standard InChI is InChI=1S/C12H12F3NOS/c1-9(17)16-8-2-3-10-4-6-11(7-5-10)18-12(13,14)15/h2-7H,8H2,1H3,(H,16,17). The lowest BCUT2D eigenvalue weighted by Gasteiger charge is -2.05. The SMILES string of the molecule is CC(=O)NCC=Cc1ccc(SC(F)(F)F)cc1. The molecular weight excluding hydrogens is 263 g/mol.